The lowest BCUT2D eigenvalue weighted by molar-refractivity contribution is 0.0900. The van der Waals surface area contributed by atoms with Crippen LogP contribution in [0.15, 0.2) is 34.9 Å². The highest BCUT2D eigenvalue weighted by molar-refractivity contribution is 6.31. The molecule has 26 heavy (non-hydrogen) atoms. The van der Waals surface area contributed by atoms with Crippen LogP contribution in [0.2, 0.25) is 5.02 Å². The highest BCUT2D eigenvalue weighted by atomic mass is 35.5. The summed E-state index contributed by atoms with van der Waals surface area (Å²) in [5, 5.41) is 7.67. The third-order valence-electron chi connectivity index (χ3n) is 4.62. The van der Waals surface area contributed by atoms with E-state index in [4.69, 9.17) is 20.9 Å². The van der Waals surface area contributed by atoms with Crippen molar-refractivity contribution in [3.05, 3.63) is 52.4 Å². The first-order valence-corrected chi connectivity index (χ1v) is 9.24. The molecule has 1 atom stereocenters. The number of piperidine rings is 1. The average Bonchev–Trinajstić information content (AvgIpc) is 3.14. The number of nitrogens with zero attached hydrogens (tertiary/aromatic N) is 2. The first-order valence-electron chi connectivity index (χ1n) is 8.87. The predicted octanol–water partition coefficient (Wildman–Crippen LogP) is 3.08. The number of rotatable bonds is 7. The van der Waals surface area contributed by atoms with Gasteiger partial charge in [0.05, 0.1) is 12.3 Å². The normalized spacial score (nSPS) is 18.0. The molecule has 1 aromatic carbocycles. The van der Waals surface area contributed by atoms with Crippen LogP contribution in [-0.4, -0.2) is 49.3 Å². The second kappa shape index (κ2) is 9.16. The summed E-state index contributed by atoms with van der Waals surface area (Å²) in [6.07, 6.45) is 2.12. The third-order valence-corrected chi connectivity index (χ3v) is 4.99. The first-order chi connectivity index (χ1) is 12.7. The molecule has 0 spiro atoms. The minimum atomic E-state index is -0.260. The van der Waals surface area contributed by atoms with Crippen molar-refractivity contribution in [1.29, 1.82) is 0 Å². The molecule has 1 aliphatic rings. The van der Waals surface area contributed by atoms with E-state index in [0.717, 1.165) is 48.8 Å². The van der Waals surface area contributed by atoms with Crippen molar-refractivity contribution in [2.45, 2.75) is 25.3 Å². The van der Waals surface area contributed by atoms with Gasteiger partial charge in [0.2, 0.25) is 5.76 Å². The van der Waals surface area contributed by atoms with Crippen LogP contribution < -0.4 is 5.32 Å². The molecule has 1 fully saturated rings. The van der Waals surface area contributed by atoms with Gasteiger partial charge in [-0.3, -0.25) is 9.69 Å². The summed E-state index contributed by atoms with van der Waals surface area (Å²) in [6, 6.07) is 9.69. The summed E-state index contributed by atoms with van der Waals surface area (Å²) in [7, 11) is 1.59. The molecule has 140 valence electrons. The van der Waals surface area contributed by atoms with E-state index in [2.05, 4.69) is 21.4 Å². The van der Waals surface area contributed by atoms with Gasteiger partial charge in [-0.05, 0) is 31.0 Å². The second-order valence-electron chi connectivity index (χ2n) is 6.53. The van der Waals surface area contributed by atoms with E-state index < -0.39 is 0 Å². The SMILES string of the molecule is COCCNC(=O)c1cc(C2CCCN(Cc3ccccc3Cl)C2)no1. The lowest BCUT2D eigenvalue weighted by Gasteiger charge is -2.31. The second-order valence-corrected chi connectivity index (χ2v) is 6.94. The molecule has 6 nitrogen and oxygen atoms in total. The van der Waals surface area contributed by atoms with Crippen molar-refractivity contribution in [2.75, 3.05) is 33.4 Å². The van der Waals surface area contributed by atoms with Crippen LogP contribution in [0.5, 0.6) is 0 Å². The quantitative estimate of drug-likeness (QED) is 0.751. The summed E-state index contributed by atoms with van der Waals surface area (Å²) in [6.45, 7) is 3.64. The van der Waals surface area contributed by atoms with Crippen molar-refractivity contribution < 1.29 is 14.1 Å². The number of methoxy groups -OCH3 is 1. The number of benzene rings is 1. The summed E-state index contributed by atoms with van der Waals surface area (Å²) >= 11 is 6.28. The maximum absolute atomic E-state index is 12.0. The largest absolute Gasteiger partial charge is 0.383 e. The van der Waals surface area contributed by atoms with Gasteiger partial charge in [-0.25, -0.2) is 0 Å². The van der Waals surface area contributed by atoms with Gasteiger partial charge in [0.25, 0.3) is 5.91 Å². The van der Waals surface area contributed by atoms with Gasteiger partial charge >= 0.3 is 0 Å². The molecule has 2 aromatic rings. The number of nitrogens with one attached hydrogen (secondary N) is 1. The zero-order valence-corrected chi connectivity index (χ0v) is 15.7. The third kappa shape index (κ3) is 4.84. The Labute approximate surface area is 158 Å². The molecule has 0 saturated carbocycles. The Hall–Kier alpha value is -1.89. The van der Waals surface area contributed by atoms with E-state index in [9.17, 15) is 4.79 Å². The highest BCUT2D eigenvalue weighted by Crippen LogP contribution is 2.28. The molecule has 1 amide bonds. The molecule has 0 aliphatic carbocycles. The molecule has 1 aromatic heterocycles. The number of ether oxygens (including phenoxy) is 1. The zero-order valence-electron chi connectivity index (χ0n) is 14.9. The molecule has 1 aliphatic heterocycles. The van der Waals surface area contributed by atoms with Crippen LogP contribution >= 0.6 is 11.6 Å². The predicted molar refractivity (Wildman–Crippen MR) is 99.4 cm³/mol. The Kier molecular flexibility index (Phi) is 6.66. The number of likely N-dealkylation sites (tertiary alicyclic amines) is 1. The molecule has 1 N–H and O–H groups in total. The van der Waals surface area contributed by atoms with Crippen LogP contribution in [0, 0.1) is 0 Å². The molecule has 2 heterocycles. The molecular weight excluding hydrogens is 354 g/mol. The number of carbonyl (C=O) groups is 1. The topological polar surface area (TPSA) is 67.6 Å². The molecule has 0 radical (unpaired) electrons. The zero-order chi connectivity index (χ0) is 18.4. The molecular formula is C19H24ClN3O3. The van der Waals surface area contributed by atoms with E-state index in [1.54, 1.807) is 13.2 Å². The number of halogens is 1. The minimum Gasteiger partial charge on any atom is -0.383 e. The van der Waals surface area contributed by atoms with Crippen LogP contribution in [0.1, 0.15) is 40.6 Å². The van der Waals surface area contributed by atoms with Gasteiger partial charge in [0.1, 0.15) is 0 Å². The maximum Gasteiger partial charge on any atom is 0.289 e. The van der Waals surface area contributed by atoms with Crippen molar-refractivity contribution in [3.63, 3.8) is 0 Å². The molecule has 1 unspecified atom stereocenters. The summed E-state index contributed by atoms with van der Waals surface area (Å²) in [5.41, 5.74) is 1.97. The highest BCUT2D eigenvalue weighted by Gasteiger charge is 2.25. The number of hydrogen-bond acceptors (Lipinski definition) is 5. The van der Waals surface area contributed by atoms with E-state index in [1.165, 1.54) is 0 Å². The molecule has 7 heteroatoms. The Morgan fingerprint density at radius 1 is 1.46 bits per heavy atom. The average molecular weight is 378 g/mol. The fourth-order valence-corrected chi connectivity index (χ4v) is 3.45. The summed E-state index contributed by atoms with van der Waals surface area (Å²) in [5.74, 6) is 0.249. The Morgan fingerprint density at radius 3 is 3.12 bits per heavy atom. The van der Waals surface area contributed by atoms with Crippen LogP contribution in [-0.2, 0) is 11.3 Å². The number of amides is 1. The Balaban J connectivity index is 1.59. The van der Waals surface area contributed by atoms with Crippen LogP contribution in [0.4, 0.5) is 0 Å². The van der Waals surface area contributed by atoms with Crippen molar-refractivity contribution in [1.82, 2.24) is 15.4 Å². The fraction of sp³-hybridized carbons (Fsp3) is 0.474. The Morgan fingerprint density at radius 2 is 2.31 bits per heavy atom. The van der Waals surface area contributed by atoms with Gasteiger partial charge < -0.3 is 14.6 Å². The van der Waals surface area contributed by atoms with Crippen LogP contribution in [0.3, 0.4) is 0 Å². The van der Waals surface area contributed by atoms with E-state index in [1.807, 2.05) is 18.2 Å². The monoisotopic (exact) mass is 377 g/mol. The number of carbonyl (C=O) groups excluding carboxylic acids is 1. The standard InChI is InChI=1S/C19H24ClN3O3/c1-25-10-8-21-19(24)18-11-17(22-26-18)15-6-4-9-23(13-15)12-14-5-2-3-7-16(14)20/h2-3,5,7,11,15H,4,6,8-10,12-13H2,1H3,(H,21,24). The minimum absolute atomic E-state index is 0.249. The fourth-order valence-electron chi connectivity index (χ4n) is 3.25. The summed E-state index contributed by atoms with van der Waals surface area (Å²) < 4.78 is 10.2. The lowest BCUT2D eigenvalue weighted by atomic mass is 9.94. The smallest absolute Gasteiger partial charge is 0.289 e. The summed E-state index contributed by atoms with van der Waals surface area (Å²) in [4.78, 5) is 14.4. The van der Waals surface area contributed by atoms with Gasteiger partial charge in [-0.15, -0.1) is 0 Å². The molecule has 0 bridgehead atoms. The van der Waals surface area contributed by atoms with E-state index in [-0.39, 0.29) is 17.6 Å². The van der Waals surface area contributed by atoms with Crippen LogP contribution in [0.25, 0.3) is 0 Å². The lowest BCUT2D eigenvalue weighted by Crippen LogP contribution is -2.34. The van der Waals surface area contributed by atoms with E-state index in [0.29, 0.717) is 13.2 Å². The number of aromatic nitrogens is 1. The number of hydrogen-bond donors (Lipinski definition) is 1. The van der Waals surface area contributed by atoms with Crippen molar-refractivity contribution in [2.24, 2.45) is 0 Å². The van der Waals surface area contributed by atoms with Gasteiger partial charge in [-0.1, -0.05) is 35.0 Å². The molecule has 1 saturated heterocycles. The van der Waals surface area contributed by atoms with Gasteiger partial charge in [-0.2, -0.15) is 0 Å². The van der Waals surface area contributed by atoms with Gasteiger partial charge in [0.15, 0.2) is 0 Å². The first kappa shape index (κ1) is 18.9. The van der Waals surface area contributed by atoms with Gasteiger partial charge in [0, 0.05) is 43.8 Å². The van der Waals surface area contributed by atoms with E-state index >= 15 is 0 Å². The van der Waals surface area contributed by atoms with Crippen molar-refractivity contribution in [3.8, 4) is 0 Å². The Bertz CT molecular complexity index is 734. The van der Waals surface area contributed by atoms with Crippen molar-refractivity contribution >= 4 is 17.5 Å². The molecule has 3 rings (SSSR count). The maximum atomic E-state index is 12.0.